The summed E-state index contributed by atoms with van der Waals surface area (Å²) in [5.41, 5.74) is 0. The molecule has 0 atom stereocenters. The van der Waals surface area contributed by atoms with Crippen LogP contribution in [0.1, 0.15) is 39.0 Å². The molecule has 9 nitrogen and oxygen atoms in total. The number of carboxylic acids is 3. The molecule has 0 saturated carbocycles. The summed E-state index contributed by atoms with van der Waals surface area (Å²) in [5, 5.41) is 40.2. The number of hydrogen-bond donors (Lipinski definition) is 2. The van der Waals surface area contributed by atoms with Crippen molar-refractivity contribution >= 4 is 55.6 Å². The number of hydrogen-bond acceptors (Lipinski definition) is 7. The van der Waals surface area contributed by atoms with E-state index in [-0.39, 0.29) is 88.9 Å². The van der Waals surface area contributed by atoms with E-state index >= 15 is 0 Å². The predicted molar refractivity (Wildman–Crippen MR) is 95.8 cm³/mol. The summed E-state index contributed by atoms with van der Waals surface area (Å²) in [4.78, 5) is 35.5. The Morgan fingerprint density at radius 2 is 1.33 bits per heavy atom. The van der Waals surface area contributed by atoms with Crippen LogP contribution in [0.25, 0.3) is 0 Å². The number of carboxylic acid groups (broad SMARTS) is 3. The summed E-state index contributed by atoms with van der Waals surface area (Å²) in [7, 11) is 0. The maximum absolute atomic E-state index is 11.9. The molecule has 27 heavy (non-hydrogen) atoms. The Morgan fingerprint density at radius 3 is 1.81 bits per heavy atom. The van der Waals surface area contributed by atoms with Crippen LogP contribution in [0.4, 0.5) is 0 Å². The van der Waals surface area contributed by atoms with Crippen LogP contribution in [0.15, 0.2) is 11.8 Å². The first-order valence-electron chi connectivity index (χ1n) is 8.68. The summed E-state index contributed by atoms with van der Waals surface area (Å²) in [5.74, 6) is -3.28. The van der Waals surface area contributed by atoms with E-state index in [9.17, 15) is 24.6 Å². The van der Waals surface area contributed by atoms with Gasteiger partial charge in [-0.15, -0.1) is 5.76 Å². The molecule has 0 unspecified atom stereocenters. The largest absolute Gasteiger partial charge is 2.00 e. The van der Waals surface area contributed by atoms with E-state index < -0.39 is 17.9 Å². The van der Waals surface area contributed by atoms with Crippen molar-refractivity contribution in [3.8, 4) is 0 Å². The van der Waals surface area contributed by atoms with Gasteiger partial charge in [0.05, 0.1) is 12.8 Å². The van der Waals surface area contributed by atoms with E-state index in [1.54, 1.807) is 15.9 Å². The minimum atomic E-state index is -1.22. The average Bonchev–Trinajstić information content (AvgIpc) is 2.56. The van der Waals surface area contributed by atoms with Crippen molar-refractivity contribution < 1.29 is 34.8 Å². The molecule has 0 heterocycles. The van der Waals surface area contributed by atoms with Crippen LogP contribution >= 0.6 is 0 Å². The number of unbranched alkanes of at least 4 members (excludes halogenated alkanes) is 1. The van der Waals surface area contributed by atoms with Crippen LogP contribution in [0.2, 0.25) is 0 Å². The summed E-state index contributed by atoms with van der Waals surface area (Å²) >= 11 is 0. The van der Waals surface area contributed by atoms with Crippen molar-refractivity contribution in [1.82, 2.24) is 9.80 Å². The van der Waals surface area contributed by atoms with Gasteiger partial charge in [-0.3, -0.25) is 14.5 Å². The zero-order chi connectivity index (χ0) is 19.9. The third-order valence-corrected chi connectivity index (χ3v) is 3.69. The van der Waals surface area contributed by atoms with Gasteiger partial charge in [-0.25, -0.2) is 0 Å². The minimum absolute atomic E-state index is 0. The Balaban J connectivity index is 0. The van der Waals surface area contributed by atoms with Crippen molar-refractivity contribution in [3.05, 3.63) is 11.8 Å². The Kier molecular flexibility index (Phi) is 18.1. The number of rotatable bonds is 16. The molecule has 150 valence electrons. The van der Waals surface area contributed by atoms with Gasteiger partial charge >= 0.3 is 49.7 Å². The first kappa shape index (κ1) is 28.3. The summed E-state index contributed by atoms with van der Waals surface area (Å²) < 4.78 is 0. The smallest absolute Gasteiger partial charge is 0.875 e. The van der Waals surface area contributed by atoms with Crippen LogP contribution in [-0.4, -0.2) is 115 Å². The second-order valence-electron chi connectivity index (χ2n) is 5.99. The third kappa shape index (κ3) is 18.3. The van der Waals surface area contributed by atoms with Crippen LogP contribution in [0.3, 0.4) is 0 Å². The summed E-state index contributed by atoms with van der Waals surface area (Å²) in [6.07, 6.45) is 2.60. The molecule has 0 radical (unpaired) electrons. The Bertz CT molecular complexity index is 468. The second kappa shape index (κ2) is 17.2. The first-order valence-corrected chi connectivity index (χ1v) is 8.68. The van der Waals surface area contributed by atoms with Gasteiger partial charge in [0.2, 0.25) is 0 Å². The molecular formula is C17H28CaN2O7. The molecule has 0 bridgehead atoms. The standard InChI is InChI=1S/C17H30N2O7.Ca/c1-2-3-4-14(20)13-19(10-7-17(25)26)12-11-18(8-5-15(21)22)9-6-16(23)24;/h4,20H,2-3,5-13H2,1H3,(H,21,22)(H,23,24)(H,25,26);/q;+2/p-2/b14-4-;. The number of aliphatic carboxylic acids is 3. The van der Waals surface area contributed by atoms with E-state index in [1.807, 2.05) is 6.92 Å². The zero-order valence-electron chi connectivity index (χ0n) is 15.9. The van der Waals surface area contributed by atoms with Crippen LogP contribution in [-0.2, 0) is 14.4 Å². The molecule has 0 saturated heterocycles. The van der Waals surface area contributed by atoms with E-state index in [4.69, 9.17) is 10.2 Å². The Morgan fingerprint density at radius 1 is 0.852 bits per heavy atom. The van der Waals surface area contributed by atoms with Crippen molar-refractivity contribution in [2.24, 2.45) is 0 Å². The monoisotopic (exact) mass is 412 g/mol. The summed E-state index contributed by atoms with van der Waals surface area (Å²) in [6.45, 7) is 3.20. The molecule has 0 fully saturated rings. The van der Waals surface area contributed by atoms with Gasteiger partial charge < -0.3 is 30.1 Å². The van der Waals surface area contributed by atoms with Gasteiger partial charge in [0, 0.05) is 45.2 Å². The van der Waals surface area contributed by atoms with Crippen LogP contribution in [0, 0.1) is 0 Å². The zero-order valence-corrected chi connectivity index (χ0v) is 18.1. The van der Waals surface area contributed by atoms with E-state index in [0.717, 1.165) is 6.42 Å². The average molecular weight is 412 g/mol. The van der Waals surface area contributed by atoms with Crippen molar-refractivity contribution in [2.75, 3.05) is 39.3 Å². The van der Waals surface area contributed by atoms with Crippen molar-refractivity contribution in [3.63, 3.8) is 0 Å². The molecule has 0 amide bonds. The van der Waals surface area contributed by atoms with Gasteiger partial charge in [-0.1, -0.05) is 19.4 Å². The molecule has 0 rings (SSSR count). The maximum Gasteiger partial charge on any atom is 2.00 e. The molecule has 0 aliphatic carbocycles. The molecular weight excluding hydrogens is 384 g/mol. The fourth-order valence-electron chi connectivity index (χ4n) is 2.24. The quantitative estimate of drug-likeness (QED) is 0.225. The molecule has 0 aromatic rings. The number of carbonyl (C=O) groups excluding carboxylic acids is 1. The third-order valence-electron chi connectivity index (χ3n) is 3.69. The van der Waals surface area contributed by atoms with Gasteiger partial charge in [-0.2, -0.15) is 0 Å². The number of allylic oxidation sites excluding steroid dienone is 1. The van der Waals surface area contributed by atoms with E-state index in [2.05, 4.69) is 0 Å². The first-order chi connectivity index (χ1) is 12.2. The molecule has 0 aliphatic rings. The van der Waals surface area contributed by atoms with E-state index in [0.29, 0.717) is 19.5 Å². The van der Waals surface area contributed by atoms with Gasteiger partial charge in [0.15, 0.2) is 0 Å². The summed E-state index contributed by atoms with van der Waals surface area (Å²) in [6, 6.07) is 0. The molecule has 0 aromatic carbocycles. The fourth-order valence-corrected chi connectivity index (χ4v) is 2.24. The predicted octanol–water partition coefficient (Wildman–Crippen LogP) is -1.66. The second-order valence-corrected chi connectivity index (χ2v) is 5.99. The Labute approximate surface area is 189 Å². The van der Waals surface area contributed by atoms with E-state index in [1.165, 1.54) is 0 Å². The Hall–Kier alpha value is -0.870. The molecule has 0 aliphatic heterocycles. The van der Waals surface area contributed by atoms with Gasteiger partial charge in [0.1, 0.15) is 0 Å². The van der Waals surface area contributed by atoms with Crippen LogP contribution in [0.5, 0.6) is 0 Å². The number of carbonyl (C=O) groups is 3. The van der Waals surface area contributed by atoms with Crippen molar-refractivity contribution in [2.45, 2.75) is 39.0 Å². The minimum Gasteiger partial charge on any atom is -0.875 e. The number of nitrogens with zero attached hydrogens (tertiary/aromatic N) is 2. The topological polar surface area (TPSA) is 144 Å². The molecule has 2 N–H and O–H groups in total. The molecule has 0 aromatic heterocycles. The van der Waals surface area contributed by atoms with Crippen molar-refractivity contribution in [1.29, 1.82) is 0 Å². The normalized spacial score (nSPS) is 11.4. The van der Waals surface area contributed by atoms with Crippen LogP contribution < -0.4 is 10.2 Å². The van der Waals surface area contributed by atoms with Gasteiger partial charge in [0.25, 0.3) is 0 Å². The van der Waals surface area contributed by atoms with Gasteiger partial charge in [-0.05, 0) is 12.8 Å². The SMILES string of the molecule is CCC/C=C(\[O-])CN(CCC(=O)O)CCN(CCC(=O)[O-])CCC(=O)O.[Ca+2]. The maximum atomic E-state index is 11.9. The fraction of sp³-hybridized carbons (Fsp3) is 0.706. The molecule has 0 spiro atoms. The molecule has 10 heteroatoms.